The predicted octanol–water partition coefficient (Wildman–Crippen LogP) is 3.13. The van der Waals surface area contributed by atoms with Crippen LogP contribution in [0.5, 0.6) is 11.5 Å². The lowest BCUT2D eigenvalue weighted by molar-refractivity contribution is -0.398. The summed E-state index contributed by atoms with van der Waals surface area (Å²) in [6.07, 6.45) is 1.22. The molecule has 0 unspecified atom stereocenters. The number of hydrogen-bond acceptors (Lipinski definition) is 6. The summed E-state index contributed by atoms with van der Waals surface area (Å²) in [6.45, 7) is 8.09. The van der Waals surface area contributed by atoms with Crippen molar-refractivity contribution >= 4 is 17.8 Å². The molecule has 0 saturated heterocycles. The highest BCUT2D eigenvalue weighted by Gasteiger charge is 2.15. The summed E-state index contributed by atoms with van der Waals surface area (Å²) < 4.78 is 5.14. The van der Waals surface area contributed by atoms with Crippen molar-refractivity contribution < 1.29 is 19.6 Å². The largest absolute Gasteiger partial charge is 0.865 e. The summed E-state index contributed by atoms with van der Waals surface area (Å²) in [7, 11) is 0. The molecule has 0 aromatic heterocycles. The maximum Gasteiger partial charge on any atom is 0.271 e. The maximum atomic E-state index is 12.2. The van der Waals surface area contributed by atoms with Crippen molar-refractivity contribution in [3.63, 3.8) is 0 Å². The van der Waals surface area contributed by atoms with Crippen LogP contribution in [0, 0.1) is 10.1 Å². The number of hydrazone groups is 1. The average molecular weight is 384 g/mol. The first-order valence-electron chi connectivity index (χ1n) is 8.69. The summed E-state index contributed by atoms with van der Waals surface area (Å²) in [6, 6.07) is 9.59. The first-order chi connectivity index (χ1) is 13.1. The van der Waals surface area contributed by atoms with E-state index in [0.717, 1.165) is 11.6 Å². The fourth-order valence-corrected chi connectivity index (χ4v) is 2.43. The number of amides is 1. The Hall–Kier alpha value is -3.42. The Kier molecular flexibility index (Phi) is 6.35. The van der Waals surface area contributed by atoms with Crippen LogP contribution in [0.4, 0.5) is 5.69 Å². The summed E-state index contributed by atoms with van der Waals surface area (Å²) in [5, 5.41) is 26.8. The second-order valence-corrected chi connectivity index (χ2v) is 7.08. The summed E-state index contributed by atoms with van der Waals surface area (Å²) in [4.78, 5) is 22.4. The number of ether oxygens (including phenoxy) is 1. The molecule has 8 nitrogen and oxygen atoms in total. The fourth-order valence-electron chi connectivity index (χ4n) is 2.43. The Morgan fingerprint density at radius 2 is 1.89 bits per heavy atom. The van der Waals surface area contributed by atoms with Crippen molar-refractivity contribution in [2.24, 2.45) is 5.10 Å². The van der Waals surface area contributed by atoms with E-state index in [-0.39, 0.29) is 23.3 Å². The molecule has 2 rings (SSSR count). The van der Waals surface area contributed by atoms with Crippen LogP contribution < -0.4 is 15.3 Å². The summed E-state index contributed by atoms with van der Waals surface area (Å²) in [5.41, 5.74) is 3.52. The van der Waals surface area contributed by atoms with Crippen molar-refractivity contribution in [1.82, 2.24) is 5.43 Å². The fraction of sp³-hybridized carbons (Fsp3) is 0.300. The topological polar surface area (TPSA) is 117 Å². The number of hydrogen-bond donors (Lipinski definition) is 1. The van der Waals surface area contributed by atoms with Crippen LogP contribution in [0.25, 0.3) is 0 Å². The lowest BCUT2D eigenvalue weighted by atomic mass is 9.87. The molecule has 1 N–H and O–H groups in total. The molecular formula is C20H22N3O5-. The minimum atomic E-state index is -0.799. The molecule has 0 heterocycles. The first-order valence-corrected chi connectivity index (χ1v) is 8.69. The molecule has 0 radical (unpaired) electrons. The van der Waals surface area contributed by atoms with E-state index in [1.54, 1.807) is 19.1 Å². The number of nitro benzene ring substituents is 1. The highest BCUT2D eigenvalue weighted by Crippen LogP contribution is 2.34. The lowest BCUT2D eigenvalue weighted by Gasteiger charge is -2.18. The van der Waals surface area contributed by atoms with Crippen molar-refractivity contribution in [3.05, 3.63) is 63.2 Å². The van der Waals surface area contributed by atoms with E-state index in [1.165, 1.54) is 12.3 Å². The molecule has 0 saturated carbocycles. The highest BCUT2D eigenvalue weighted by molar-refractivity contribution is 5.95. The van der Waals surface area contributed by atoms with Gasteiger partial charge in [0.2, 0.25) is 0 Å². The third-order valence-corrected chi connectivity index (χ3v) is 3.95. The van der Waals surface area contributed by atoms with E-state index in [0.29, 0.717) is 5.56 Å². The van der Waals surface area contributed by atoms with Gasteiger partial charge in [-0.25, -0.2) is 5.43 Å². The molecule has 148 valence electrons. The van der Waals surface area contributed by atoms with Gasteiger partial charge < -0.3 is 9.84 Å². The molecule has 0 fully saturated rings. The number of nitrogens with zero attached hydrogens (tertiary/aromatic N) is 2. The maximum absolute atomic E-state index is 12.2. The van der Waals surface area contributed by atoms with Crippen molar-refractivity contribution in [3.8, 4) is 11.5 Å². The van der Waals surface area contributed by atoms with Gasteiger partial charge in [0.1, 0.15) is 5.75 Å². The van der Waals surface area contributed by atoms with Crippen LogP contribution in [0.2, 0.25) is 0 Å². The third kappa shape index (κ3) is 5.06. The third-order valence-electron chi connectivity index (χ3n) is 3.95. The van der Waals surface area contributed by atoms with Gasteiger partial charge in [0.05, 0.1) is 17.7 Å². The number of nitro groups is 1. The Morgan fingerprint density at radius 3 is 2.43 bits per heavy atom. The van der Waals surface area contributed by atoms with Gasteiger partial charge in [-0.2, -0.15) is 5.10 Å². The Labute approximate surface area is 163 Å². The zero-order valence-corrected chi connectivity index (χ0v) is 16.2. The molecular weight excluding hydrogens is 362 g/mol. The molecule has 1 amide bonds. The molecule has 2 aromatic rings. The Bertz CT molecular complexity index is 899. The van der Waals surface area contributed by atoms with E-state index in [9.17, 15) is 20.0 Å². The van der Waals surface area contributed by atoms with Gasteiger partial charge in [0.25, 0.3) is 11.6 Å². The zero-order valence-electron chi connectivity index (χ0n) is 16.2. The smallest absolute Gasteiger partial charge is 0.271 e. The van der Waals surface area contributed by atoms with E-state index in [2.05, 4.69) is 31.3 Å². The molecule has 0 bridgehead atoms. The lowest BCUT2D eigenvalue weighted by Crippen LogP contribution is -2.18. The SMILES string of the molecule is CCOc1cc(/C=N\NC(=O)c2ccc(C(C)(C)C)cc2)cc([N+](=O)[O-])c1[O-]. The van der Waals surface area contributed by atoms with Crippen LogP contribution in [-0.4, -0.2) is 23.7 Å². The van der Waals surface area contributed by atoms with Crippen molar-refractivity contribution in [2.75, 3.05) is 6.61 Å². The standard InChI is InChI=1S/C20H23N3O5/c1-5-28-17-11-13(10-16(18(17)24)23(26)27)12-21-22-19(25)14-6-8-15(9-7-14)20(2,3)4/h6-12,24H,5H2,1-4H3,(H,22,25)/p-1/b21-12-. The van der Waals surface area contributed by atoms with Crippen LogP contribution >= 0.6 is 0 Å². The second-order valence-electron chi connectivity index (χ2n) is 7.08. The number of benzene rings is 2. The number of rotatable bonds is 6. The monoisotopic (exact) mass is 384 g/mol. The van der Waals surface area contributed by atoms with Crippen LogP contribution in [-0.2, 0) is 5.41 Å². The number of carbonyl (C=O) groups excluding carboxylic acids is 1. The molecule has 0 aliphatic carbocycles. The molecule has 2 aromatic carbocycles. The van der Waals surface area contributed by atoms with E-state index < -0.39 is 22.3 Å². The summed E-state index contributed by atoms with van der Waals surface area (Å²) >= 11 is 0. The Balaban J connectivity index is 2.15. The zero-order chi connectivity index (χ0) is 20.9. The Morgan fingerprint density at radius 1 is 1.25 bits per heavy atom. The molecule has 0 spiro atoms. The minimum absolute atomic E-state index is 0.0200. The number of carbonyl (C=O) groups is 1. The van der Waals surface area contributed by atoms with E-state index in [4.69, 9.17) is 4.74 Å². The molecule has 28 heavy (non-hydrogen) atoms. The van der Waals surface area contributed by atoms with Crippen molar-refractivity contribution in [2.45, 2.75) is 33.1 Å². The molecule has 0 atom stereocenters. The van der Waals surface area contributed by atoms with Gasteiger partial charge in [-0.1, -0.05) is 32.9 Å². The van der Waals surface area contributed by atoms with Gasteiger partial charge in [-0.05, 0) is 36.1 Å². The van der Waals surface area contributed by atoms with Gasteiger partial charge in [-0.15, -0.1) is 0 Å². The van der Waals surface area contributed by atoms with E-state index in [1.807, 2.05) is 12.1 Å². The van der Waals surface area contributed by atoms with Gasteiger partial charge >= 0.3 is 0 Å². The minimum Gasteiger partial charge on any atom is -0.865 e. The number of nitrogens with one attached hydrogen (secondary N) is 1. The molecule has 8 heteroatoms. The molecule has 0 aliphatic heterocycles. The van der Waals surface area contributed by atoms with Crippen LogP contribution in [0.1, 0.15) is 49.2 Å². The van der Waals surface area contributed by atoms with Gasteiger partial charge in [-0.3, -0.25) is 14.9 Å². The summed E-state index contributed by atoms with van der Waals surface area (Å²) in [5.74, 6) is -1.36. The van der Waals surface area contributed by atoms with Crippen LogP contribution in [0.3, 0.4) is 0 Å². The second kappa shape index (κ2) is 8.51. The van der Waals surface area contributed by atoms with Crippen molar-refractivity contribution in [1.29, 1.82) is 0 Å². The first kappa shape index (κ1) is 20.9. The normalized spacial score (nSPS) is 11.4. The predicted molar refractivity (Wildman–Crippen MR) is 104 cm³/mol. The van der Waals surface area contributed by atoms with Gasteiger partial charge in [0, 0.05) is 22.9 Å². The van der Waals surface area contributed by atoms with E-state index >= 15 is 0 Å². The average Bonchev–Trinajstić information content (AvgIpc) is 2.63. The van der Waals surface area contributed by atoms with Crippen LogP contribution in [0.15, 0.2) is 41.5 Å². The molecule has 0 aliphatic rings. The highest BCUT2D eigenvalue weighted by atomic mass is 16.6. The van der Waals surface area contributed by atoms with Gasteiger partial charge in [0.15, 0.2) is 0 Å². The quantitative estimate of drug-likeness (QED) is 0.466.